The van der Waals surface area contributed by atoms with E-state index >= 15 is 0 Å². The molecule has 0 bridgehead atoms. The fourth-order valence-corrected chi connectivity index (χ4v) is 29.0. The summed E-state index contributed by atoms with van der Waals surface area (Å²) in [4.78, 5) is 85.6. The first-order valence-corrected chi connectivity index (χ1v) is 65.8. The number of hydrogen-bond donors (Lipinski definition) is 0. The molecule has 858 valence electrons. The van der Waals surface area contributed by atoms with Crippen molar-refractivity contribution in [3.8, 4) is 34.5 Å². The zero-order valence-electron chi connectivity index (χ0n) is 96.8. The number of esters is 6. The van der Waals surface area contributed by atoms with Gasteiger partial charge in [0.25, 0.3) is 0 Å². The molecule has 18 heteroatoms. The quantitative estimate of drug-likeness (QED) is 0.0337. The molecule has 0 heterocycles. The van der Waals surface area contributed by atoms with Crippen LogP contribution in [0.3, 0.4) is 0 Å². The molecule has 0 spiro atoms. The Morgan fingerprint density at radius 3 is 0.380 bits per heavy atom. The second kappa shape index (κ2) is 69.9. The molecule has 150 heavy (non-hydrogen) atoms. The zero-order valence-corrected chi connectivity index (χ0v) is 96.8. The highest BCUT2D eigenvalue weighted by Gasteiger charge is 2.43. The smallest absolute Gasteiger partial charge is 0.309 e. The van der Waals surface area contributed by atoms with Crippen LogP contribution in [0.5, 0.6) is 34.5 Å². The minimum atomic E-state index is -0.154. The maximum Gasteiger partial charge on any atom is 0.309 e. The molecule has 12 fully saturated rings. The van der Waals surface area contributed by atoms with Crippen LogP contribution in [0.15, 0.2) is 0 Å². The van der Waals surface area contributed by atoms with Gasteiger partial charge in [0.1, 0.15) is 36.6 Å². The first kappa shape index (κ1) is 122. The highest BCUT2D eigenvalue weighted by Crippen LogP contribution is 2.60. The van der Waals surface area contributed by atoms with E-state index < -0.39 is 0 Å². The molecular weight excluding hydrogens is 1870 g/mol. The number of carbonyl (C=O) groups excluding carboxylic acids is 6. The van der Waals surface area contributed by atoms with Crippen LogP contribution in [-0.2, 0) is 57.2 Å². The summed E-state index contributed by atoms with van der Waals surface area (Å²) in [5, 5.41) is 0. The van der Waals surface area contributed by atoms with Gasteiger partial charge < -0.3 is 56.8 Å². The first-order chi connectivity index (χ1) is 73.6. The fourth-order valence-electron chi connectivity index (χ4n) is 29.0. The van der Waals surface area contributed by atoms with Gasteiger partial charge in [0, 0.05) is 0 Å². The number of unbranched alkanes of at least 4 members (excludes halogenated alkanes) is 24. The minimum Gasteiger partial charge on any atom is -0.486 e. The SMILES string of the molecule is CCCCCCCC1CCC(C(=O)OC2CCC(COc3c(OCC4CCC(OC(=O)C5CCC(CCCCCCC)CC5)CC4)c(OCC4CCC(OC(=O)C5CCC(CCCCCCC)CC5)CC4)c(OCC4CCC(OC(=O)C5CCC(CCCCCCC)CC5)CC4)c(OCC4CCC(OC(=O)C5CCC(CCCCCCC)CC5)CC4)c3OCC3CCC(OC(=O)C4CCC(CCCCCCC)CC4)CC3)CC2)CC1. The number of hydrogen-bond acceptors (Lipinski definition) is 18. The summed E-state index contributed by atoms with van der Waals surface area (Å²) in [6.07, 6.45) is 88.7. The largest absolute Gasteiger partial charge is 0.486 e. The van der Waals surface area contributed by atoms with E-state index in [1.54, 1.807) is 0 Å². The van der Waals surface area contributed by atoms with Crippen LogP contribution in [-0.4, -0.2) is 112 Å². The van der Waals surface area contributed by atoms with Crippen molar-refractivity contribution in [2.24, 2.45) is 107 Å². The van der Waals surface area contributed by atoms with Crippen LogP contribution in [0.2, 0.25) is 0 Å². The van der Waals surface area contributed by atoms with Crippen LogP contribution in [0.4, 0.5) is 0 Å². The predicted octanol–water partition coefficient (Wildman–Crippen LogP) is 35.6. The van der Waals surface area contributed by atoms with Crippen molar-refractivity contribution in [1.82, 2.24) is 0 Å². The van der Waals surface area contributed by atoms with E-state index in [1.165, 1.54) is 231 Å². The molecule has 1 aromatic rings. The van der Waals surface area contributed by atoms with Gasteiger partial charge in [0.05, 0.1) is 75.1 Å². The highest BCUT2D eigenvalue weighted by molar-refractivity contribution is 5.76. The van der Waals surface area contributed by atoms with E-state index in [0.29, 0.717) is 110 Å². The maximum atomic E-state index is 14.3. The van der Waals surface area contributed by atoms with Crippen LogP contribution < -0.4 is 28.4 Å². The van der Waals surface area contributed by atoms with Crippen molar-refractivity contribution in [2.45, 2.75) is 618 Å². The molecule has 0 saturated heterocycles. The Labute approximate surface area is 914 Å². The van der Waals surface area contributed by atoms with Crippen molar-refractivity contribution in [3.63, 3.8) is 0 Å². The van der Waals surface area contributed by atoms with Crippen molar-refractivity contribution in [2.75, 3.05) is 39.6 Å². The van der Waals surface area contributed by atoms with E-state index in [2.05, 4.69) is 41.5 Å². The number of benzene rings is 1. The Balaban J connectivity index is 0.793. The average molecular weight is 2100 g/mol. The summed E-state index contributed by atoms with van der Waals surface area (Å²) in [5.41, 5.74) is 0. The molecule has 12 aliphatic carbocycles. The van der Waals surface area contributed by atoms with Gasteiger partial charge in [-0.1, -0.05) is 273 Å². The molecule has 0 unspecified atom stereocenters. The number of ether oxygens (including phenoxy) is 12. The topological polar surface area (TPSA) is 213 Å². The fraction of sp³-hybridized carbons (Fsp3) is 0.909. The second-order valence-corrected chi connectivity index (χ2v) is 51.8. The van der Waals surface area contributed by atoms with E-state index in [4.69, 9.17) is 56.8 Å². The van der Waals surface area contributed by atoms with E-state index in [9.17, 15) is 28.8 Å². The van der Waals surface area contributed by atoms with Gasteiger partial charge in [-0.2, -0.15) is 0 Å². The summed E-state index contributed by atoms with van der Waals surface area (Å²) in [6, 6.07) is 0. The summed E-state index contributed by atoms with van der Waals surface area (Å²) in [6.45, 7) is 15.7. The standard InChI is InChI=1S/C132H222O18/c1-7-13-19-25-31-37-97-43-67-109(68-44-97)127(133)145-115-79-55-103(56-80-115)91-139-121-122(140-92-104-57-81-116(82-58-104)146-128(134)110-69-45-98(46-70-110)38-32-26-20-14-8-2)124(142-94-106-61-85-118(86-62-106)148-130(136)112-73-49-100(50-74-112)40-34-28-22-16-10-4)126(144-96-108-65-89-120(90-66-108)150-132(138)114-77-53-102(54-78-114)42-36-30-24-18-12-6)125(143-95-107-63-87-119(88-64-107)149-131(137)113-75-51-101(52-76-113)41-35-29-23-17-11-5)123(121)141-93-105-59-83-117(84-60-105)147-129(135)111-71-47-99(48-72-111)39-33-27-21-15-9-3/h97-120H,7-96H2,1-6H3. The van der Waals surface area contributed by atoms with Crippen molar-refractivity contribution in [1.29, 1.82) is 0 Å². The maximum absolute atomic E-state index is 14.3. The molecule has 0 amide bonds. The summed E-state index contributed by atoms with van der Waals surface area (Å²) in [5.74, 6) is 7.19. The molecule has 0 N–H and O–H groups in total. The number of carbonyl (C=O) groups is 6. The average Bonchev–Trinajstić information content (AvgIpc) is 0.757. The Morgan fingerprint density at radius 1 is 0.147 bits per heavy atom. The van der Waals surface area contributed by atoms with Crippen LogP contribution >= 0.6 is 0 Å². The van der Waals surface area contributed by atoms with E-state index in [1.807, 2.05) is 0 Å². The van der Waals surface area contributed by atoms with Gasteiger partial charge in [-0.3, -0.25) is 28.8 Å². The van der Waals surface area contributed by atoms with Crippen LogP contribution in [0, 0.1) is 107 Å². The second-order valence-electron chi connectivity index (χ2n) is 51.8. The Hall–Kier alpha value is -5.16. The third-order valence-corrected chi connectivity index (χ3v) is 39.9. The Morgan fingerprint density at radius 2 is 0.260 bits per heavy atom. The van der Waals surface area contributed by atoms with Gasteiger partial charge in [-0.05, 0) is 379 Å². The first-order valence-electron chi connectivity index (χ1n) is 65.8. The summed E-state index contributed by atoms with van der Waals surface area (Å²) >= 11 is 0. The lowest BCUT2D eigenvalue weighted by Crippen LogP contribution is -2.32. The van der Waals surface area contributed by atoms with E-state index in [0.717, 1.165) is 308 Å². The Kier molecular flexibility index (Phi) is 56.8. The van der Waals surface area contributed by atoms with Crippen molar-refractivity contribution < 1.29 is 85.6 Å². The van der Waals surface area contributed by atoms with Gasteiger partial charge >= 0.3 is 35.8 Å². The zero-order chi connectivity index (χ0) is 105. The Bertz CT molecular complexity index is 3150. The monoisotopic (exact) mass is 2100 g/mol. The lowest BCUT2D eigenvalue weighted by Gasteiger charge is -2.34. The molecule has 13 rings (SSSR count). The molecule has 18 nitrogen and oxygen atoms in total. The molecule has 12 aliphatic rings. The number of rotatable bonds is 66. The van der Waals surface area contributed by atoms with Crippen LogP contribution in [0.25, 0.3) is 0 Å². The van der Waals surface area contributed by atoms with Crippen molar-refractivity contribution >= 4 is 35.8 Å². The van der Waals surface area contributed by atoms with E-state index in [-0.39, 0.29) is 143 Å². The lowest BCUT2D eigenvalue weighted by molar-refractivity contribution is -0.158. The summed E-state index contributed by atoms with van der Waals surface area (Å²) < 4.78 is 85.9. The third kappa shape index (κ3) is 42.9. The molecule has 12 saturated carbocycles. The molecule has 1 aromatic carbocycles. The molecule has 0 radical (unpaired) electrons. The molecule has 0 aliphatic heterocycles. The lowest BCUT2D eigenvalue weighted by atomic mass is 9.79. The predicted molar refractivity (Wildman–Crippen MR) is 603 cm³/mol. The van der Waals surface area contributed by atoms with Gasteiger partial charge in [-0.25, -0.2) is 0 Å². The minimum absolute atomic E-state index is 0.0112. The van der Waals surface area contributed by atoms with Gasteiger partial charge in [0.2, 0.25) is 34.5 Å². The summed E-state index contributed by atoms with van der Waals surface area (Å²) in [7, 11) is 0. The van der Waals surface area contributed by atoms with Crippen LogP contribution in [0.1, 0.15) is 581 Å². The molecule has 0 aromatic heterocycles. The highest BCUT2D eigenvalue weighted by atomic mass is 16.6. The normalized spacial score (nSPS) is 30.6. The third-order valence-electron chi connectivity index (χ3n) is 39.9. The molecule has 0 atom stereocenters. The molecular formula is C132H222O18. The van der Waals surface area contributed by atoms with Gasteiger partial charge in [0.15, 0.2) is 0 Å². The van der Waals surface area contributed by atoms with Crippen molar-refractivity contribution in [3.05, 3.63) is 0 Å². The van der Waals surface area contributed by atoms with Gasteiger partial charge in [-0.15, -0.1) is 0 Å².